The van der Waals surface area contributed by atoms with E-state index in [4.69, 9.17) is 14.7 Å². The number of rotatable bonds is 13. The van der Waals surface area contributed by atoms with Crippen LogP contribution in [0.2, 0.25) is 0 Å². The lowest BCUT2D eigenvalue weighted by molar-refractivity contribution is 0.0589. The highest BCUT2D eigenvalue weighted by molar-refractivity contribution is 7.89. The predicted molar refractivity (Wildman–Crippen MR) is 159 cm³/mol. The second kappa shape index (κ2) is 15.0. The van der Waals surface area contributed by atoms with E-state index in [9.17, 15) is 23.1 Å². The Morgan fingerprint density at radius 1 is 1.07 bits per heavy atom. The number of hydrogen-bond acceptors (Lipinski definition) is 8. The van der Waals surface area contributed by atoms with Crippen LogP contribution in [0.1, 0.15) is 53.0 Å². The molecule has 0 fully saturated rings. The zero-order valence-electron chi connectivity index (χ0n) is 25.2. The molecular formula is C30H42N4O7S. The second-order valence-electron chi connectivity index (χ2n) is 11.8. The van der Waals surface area contributed by atoms with Crippen LogP contribution in [0.5, 0.6) is 0 Å². The van der Waals surface area contributed by atoms with Gasteiger partial charge in [0.1, 0.15) is 12.2 Å². The van der Waals surface area contributed by atoms with Crippen LogP contribution in [0.25, 0.3) is 0 Å². The van der Waals surface area contributed by atoms with Gasteiger partial charge in [0.15, 0.2) is 0 Å². The highest BCUT2D eigenvalue weighted by Gasteiger charge is 2.33. The van der Waals surface area contributed by atoms with E-state index < -0.39 is 39.3 Å². The van der Waals surface area contributed by atoms with E-state index in [1.54, 1.807) is 39.0 Å². The van der Waals surface area contributed by atoms with Gasteiger partial charge in [-0.2, -0.15) is 9.57 Å². The summed E-state index contributed by atoms with van der Waals surface area (Å²) in [4.78, 5) is 25.9. The minimum Gasteiger partial charge on any atom is -0.445 e. The molecule has 2 N–H and O–H groups in total. The Balaban J connectivity index is 2.22. The van der Waals surface area contributed by atoms with Crippen LogP contribution in [-0.4, -0.2) is 68.4 Å². The van der Waals surface area contributed by atoms with Crippen molar-refractivity contribution < 1.29 is 32.6 Å². The quantitative estimate of drug-likeness (QED) is 0.336. The summed E-state index contributed by atoms with van der Waals surface area (Å²) in [5.74, 6) is 0. The number of carbonyl (C=O) groups excluding carboxylic acids is 2. The summed E-state index contributed by atoms with van der Waals surface area (Å²) in [7, 11) is -2.71. The number of benzene rings is 2. The maximum Gasteiger partial charge on any atom is 0.414 e. The topological polar surface area (TPSA) is 149 Å². The molecule has 0 heterocycles. The first kappa shape index (κ1) is 34.5. The Morgan fingerprint density at radius 3 is 2.36 bits per heavy atom. The number of sulfonamides is 1. The summed E-state index contributed by atoms with van der Waals surface area (Å²) >= 11 is 0. The van der Waals surface area contributed by atoms with Crippen molar-refractivity contribution in [2.45, 2.75) is 70.7 Å². The molecule has 0 aliphatic heterocycles. The van der Waals surface area contributed by atoms with Crippen LogP contribution in [0.15, 0.2) is 59.5 Å². The number of nitriles is 1. The van der Waals surface area contributed by atoms with Gasteiger partial charge in [0, 0.05) is 38.8 Å². The highest BCUT2D eigenvalue weighted by Crippen LogP contribution is 2.29. The van der Waals surface area contributed by atoms with Gasteiger partial charge < -0.3 is 19.9 Å². The van der Waals surface area contributed by atoms with Gasteiger partial charge in [-0.15, -0.1) is 0 Å². The van der Waals surface area contributed by atoms with Crippen molar-refractivity contribution in [2.24, 2.45) is 5.41 Å². The van der Waals surface area contributed by atoms with Crippen LogP contribution in [-0.2, 0) is 26.1 Å². The molecule has 1 atom stereocenters. The standard InChI is InChI=1S/C30H42N4O7S/c1-29(2,3)41-28(37)33(6)24-14-10-15-26(18-24)42(38,39)34(22-30(4,5)16-11-17-31)20-25(35)19-32-27(36)40-21-23-12-8-7-9-13-23/h7-10,12-15,18,25,35H,11,16,19-22H2,1-6H3,(H,32,36). The van der Waals surface area contributed by atoms with Crippen molar-refractivity contribution in [2.75, 3.05) is 31.6 Å². The molecule has 0 aromatic heterocycles. The van der Waals surface area contributed by atoms with E-state index in [0.29, 0.717) is 12.1 Å². The monoisotopic (exact) mass is 602 g/mol. The first-order chi connectivity index (χ1) is 19.5. The Labute approximate surface area is 249 Å². The van der Waals surface area contributed by atoms with Gasteiger partial charge in [-0.1, -0.05) is 50.2 Å². The fourth-order valence-electron chi connectivity index (χ4n) is 3.91. The summed E-state index contributed by atoms with van der Waals surface area (Å²) in [6.45, 7) is 8.33. The molecule has 42 heavy (non-hydrogen) atoms. The van der Waals surface area contributed by atoms with Crippen molar-refractivity contribution in [1.82, 2.24) is 9.62 Å². The summed E-state index contributed by atoms with van der Waals surface area (Å²) < 4.78 is 39.5. The Morgan fingerprint density at radius 2 is 1.74 bits per heavy atom. The van der Waals surface area contributed by atoms with Crippen LogP contribution < -0.4 is 10.2 Å². The third kappa shape index (κ3) is 11.3. The van der Waals surface area contributed by atoms with E-state index >= 15 is 0 Å². The average Bonchev–Trinajstić information content (AvgIpc) is 2.92. The van der Waals surface area contributed by atoms with Gasteiger partial charge in [-0.25, -0.2) is 18.0 Å². The minimum atomic E-state index is -4.19. The lowest BCUT2D eigenvalue weighted by Gasteiger charge is -2.33. The number of nitrogens with zero attached hydrogens (tertiary/aromatic N) is 3. The summed E-state index contributed by atoms with van der Waals surface area (Å²) in [5.41, 5.74) is -0.240. The molecule has 0 radical (unpaired) electrons. The van der Waals surface area contributed by atoms with Gasteiger partial charge >= 0.3 is 12.2 Å². The minimum absolute atomic E-state index is 0.00133. The van der Waals surface area contributed by atoms with Crippen molar-refractivity contribution in [3.8, 4) is 6.07 Å². The fraction of sp³-hybridized carbons (Fsp3) is 0.500. The number of aliphatic hydroxyl groups is 1. The molecule has 0 aliphatic carbocycles. The van der Waals surface area contributed by atoms with E-state index in [2.05, 4.69) is 11.4 Å². The van der Waals surface area contributed by atoms with Gasteiger partial charge in [-0.05, 0) is 56.4 Å². The molecule has 2 amide bonds. The number of anilines is 1. The molecule has 0 aliphatic rings. The average molecular weight is 603 g/mol. The SMILES string of the molecule is CN(C(=O)OC(C)(C)C)c1cccc(S(=O)(=O)N(CC(O)CNC(=O)OCc2ccccc2)CC(C)(C)CCC#N)c1. The van der Waals surface area contributed by atoms with Crippen LogP contribution in [0, 0.1) is 16.7 Å². The lowest BCUT2D eigenvalue weighted by atomic mass is 9.88. The summed E-state index contributed by atoms with van der Waals surface area (Å²) in [6.07, 6.45) is -2.00. The third-order valence-electron chi connectivity index (χ3n) is 6.14. The van der Waals surface area contributed by atoms with E-state index in [1.165, 1.54) is 30.1 Å². The number of ether oxygens (including phenoxy) is 2. The van der Waals surface area contributed by atoms with E-state index in [1.807, 2.05) is 32.0 Å². The van der Waals surface area contributed by atoms with Gasteiger partial charge in [-0.3, -0.25) is 4.90 Å². The first-order valence-corrected chi connectivity index (χ1v) is 15.0. The fourth-order valence-corrected chi connectivity index (χ4v) is 5.62. The van der Waals surface area contributed by atoms with E-state index in [0.717, 1.165) is 9.87 Å². The van der Waals surface area contributed by atoms with Gasteiger partial charge in [0.2, 0.25) is 10.0 Å². The zero-order valence-corrected chi connectivity index (χ0v) is 26.0. The second-order valence-corrected chi connectivity index (χ2v) is 13.7. The molecule has 0 spiro atoms. The molecule has 12 heteroatoms. The van der Waals surface area contributed by atoms with Crippen LogP contribution >= 0.6 is 0 Å². The molecule has 0 saturated heterocycles. The van der Waals surface area contributed by atoms with Gasteiger partial charge in [0.25, 0.3) is 0 Å². The Kier molecular flexibility index (Phi) is 12.3. The van der Waals surface area contributed by atoms with Crippen LogP contribution in [0.4, 0.5) is 15.3 Å². The van der Waals surface area contributed by atoms with Crippen molar-refractivity contribution >= 4 is 27.9 Å². The molecule has 1 unspecified atom stereocenters. The highest BCUT2D eigenvalue weighted by atomic mass is 32.2. The summed E-state index contributed by atoms with van der Waals surface area (Å²) in [6, 6.07) is 17.0. The Hall–Kier alpha value is -3.66. The number of aliphatic hydroxyl groups excluding tert-OH is 1. The zero-order chi connectivity index (χ0) is 31.6. The summed E-state index contributed by atoms with van der Waals surface area (Å²) in [5, 5.41) is 22.3. The molecule has 0 bridgehead atoms. The molecule has 2 rings (SSSR count). The first-order valence-electron chi connectivity index (χ1n) is 13.6. The molecule has 2 aromatic rings. The number of amides is 2. The smallest absolute Gasteiger partial charge is 0.414 e. The van der Waals surface area contributed by atoms with Gasteiger partial charge in [0.05, 0.1) is 17.1 Å². The predicted octanol–water partition coefficient (Wildman–Crippen LogP) is 4.67. The Bertz CT molecular complexity index is 1340. The number of carbonyl (C=O) groups is 2. The molecule has 2 aromatic carbocycles. The largest absolute Gasteiger partial charge is 0.445 e. The van der Waals surface area contributed by atoms with Crippen molar-refractivity contribution in [3.63, 3.8) is 0 Å². The maximum atomic E-state index is 13.9. The number of alkyl carbamates (subject to hydrolysis) is 1. The van der Waals surface area contributed by atoms with Crippen molar-refractivity contribution in [3.05, 3.63) is 60.2 Å². The van der Waals surface area contributed by atoms with E-state index in [-0.39, 0.29) is 37.6 Å². The molecule has 230 valence electrons. The third-order valence-corrected chi connectivity index (χ3v) is 7.94. The normalized spacial score (nSPS) is 12.7. The molecule has 0 saturated carbocycles. The van der Waals surface area contributed by atoms with Crippen LogP contribution in [0.3, 0.4) is 0 Å². The maximum absolute atomic E-state index is 13.9. The molecular weight excluding hydrogens is 560 g/mol. The van der Waals surface area contributed by atoms with Crippen molar-refractivity contribution in [1.29, 1.82) is 5.26 Å². The number of hydrogen-bond donors (Lipinski definition) is 2. The molecule has 11 nitrogen and oxygen atoms in total. The number of nitrogens with one attached hydrogen (secondary N) is 1. The lowest BCUT2D eigenvalue weighted by Crippen LogP contribution is -2.46.